The van der Waals surface area contributed by atoms with Gasteiger partial charge in [-0.25, -0.2) is 15.4 Å². The lowest BCUT2D eigenvalue weighted by molar-refractivity contribution is -0.145. The van der Waals surface area contributed by atoms with Crippen molar-refractivity contribution >= 4 is 17.8 Å². The number of aromatic nitrogens is 2. The number of amides is 1. The molecule has 3 aliphatic rings. The average Bonchev–Trinajstić information content (AvgIpc) is 2.98. The first-order chi connectivity index (χ1) is 18.6. The molecule has 38 heavy (non-hydrogen) atoms. The summed E-state index contributed by atoms with van der Waals surface area (Å²) in [4.78, 5) is 34.6. The lowest BCUT2D eigenvalue weighted by Gasteiger charge is -2.34. The van der Waals surface area contributed by atoms with Gasteiger partial charge in [0.2, 0.25) is 5.95 Å². The molecule has 1 aromatic heterocycles. The van der Waals surface area contributed by atoms with Gasteiger partial charge in [0.05, 0.1) is 12.7 Å². The number of nitrogens with one attached hydrogen (secondary N) is 3. The normalized spacial score (nSPS) is 24.1. The lowest BCUT2D eigenvalue weighted by Crippen LogP contribution is -2.46. The van der Waals surface area contributed by atoms with Crippen molar-refractivity contribution in [2.75, 3.05) is 44.7 Å². The number of hydrogen-bond donors (Lipinski definition) is 4. The highest BCUT2D eigenvalue weighted by atomic mass is 16.5. The number of anilines is 1. The van der Waals surface area contributed by atoms with Crippen molar-refractivity contribution in [3.63, 3.8) is 0 Å². The third-order valence-corrected chi connectivity index (χ3v) is 8.93. The van der Waals surface area contributed by atoms with Gasteiger partial charge in [0.15, 0.2) is 0 Å². The van der Waals surface area contributed by atoms with Crippen molar-refractivity contribution in [2.24, 2.45) is 23.7 Å². The molecule has 0 radical (unpaired) electrons. The number of hydrogen-bond acceptors (Lipinski definition) is 9. The average molecular weight is 531 g/mol. The second-order valence-electron chi connectivity index (χ2n) is 11.5. The minimum atomic E-state index is -0.603. The van der Waals surface area contributed by atoms with E-state index < -0.39 is 5.91 Å². The lowest BCUT2D eigenvalue weighted by atomic mass is 9.80. The van der Waals surface area contributed by atoms with Crippen LogP contribution in [0.15, 0.2) is 12.4 Å². The predicted molar refractivity (Wildman–Crippen MR) is 145 cm³/mol. The minimum absolute atomic E-state index is 0.0851. The van der Waals surface area contributed by atoms with Crippen molar-refractivity contribution < 1.29 is 19.5 Å². The van der Waals surface area contributed by atoms with E-state index in [2.05, 4.69) is 25.5 Å². The van der Waals surface area contributed by atoms with E-state index in [0.29, 0.717) is 23.7 Å². The molecule has 4 rings (SSSR count). The smallest absolute Gasteiger partial charge is 0.323 e. The standard InChI is InChI=1S/C28H46N6O4/c1-38-27(36)25(23-5-3-2-4-6-23)30-17-21-9-7-20(8-10-21)15-29-16-22-11-13-34(14-12-22)28-31-18-24(19-32-28)26(35)33-37/h18-23,25,29-30,37H,2-17H2,1H3,(H,33,35)/t20?,21?,25-/m0/s1. The van der Waals surface area contributed by atoms with Crippen LogP contribution >= 0.6 is 0 Å². The molecule has 2 saturated carbocycles. The zero-order valence-corrected chi connectivity index (χ0v) is 22.9. The Bertz CT molecular complexity index is 863. The second-order valence-corrected chi connectivity index (χ2v) is 11.5. The third-order valence-electron chi connectivity index (χ3n) is 8.93. The van der Waals surface area contributed by atoms with E-state index in [0.717, 1.165) is 64.3 Å². The second kappa shape index (κ2) is 14.7. The summed E-state index contributed by atoms with van der Waals surface area (Å²) < 4.78 is 5.12. The van der Waals surface area contributed by atoms with E-state index >= 15 is 0 Å². The van der Waals surface area contributed by atoms with E-state index in [1.807, 2.05) is 0 Å². The molecule has 1 saturated heterocycles. The summed E-state index contributed by atoms with van der Waals surface area (Å²) in [6, 6.07) is -0.134. The summed E-state index contributed by atoms with van der Waals surface area (Å²) in [5.74, 6) is 2.42. The van der Waals surface area contributed by atoms with Gasteiger partial charge in [-0.05, 0) is 94.7 Å². The largest absolute Gasteiger partial charge is 0.468 e. The molecule has 0 aromatic carbocycles. The fourth-order valence-electron chi connectivity index (χ4n) is 6.47. The number of carbonyl (C=O) groups is 2. The van der Waals surface area contributed by atoms with Gasteiger partial charge in [0, 0.05) is 25.5 Å². The maximum absolute atomic E-state index is 12.4. The Morgan fingerprint density at radius 2 is 1.50 bits per heavy atom. The molecule has 1 aliphatic heterocycles. The highest BCUT2D eigenvalue weighted by Gasteiger charge is 2.31. The summed E-state index contributed by atoms with van der Waals surface area (Å²) in [6.07, 6.45) is 16.1. The highest BCUT2D eigenvalue weighted by Crippen LogP contribution is 2.30. The highest BCUT2D eigenvalue weighted by molar-refractivity contribution is 5.92. The Kier molecular flexibility index (Phi) is 11.1. The zero-order valence-electron chi connectivity index (χ0n) is 22.9. The molecule has 10 nitrogen and oxygen atoms in total. The fourth-order valence-corrected chi connectivity index (χ4v) is 6.47. The third kappa shape index (κ3) is 8.10. The van der Waals surface area contributed by atoms with Gasteiger partial charge in [-0.3, -0.25) is 14.8 Å². The van der Waals surface area contributed by atoms with Crippen molar-refractivity contribution in [2.45, 2.75) is 76.7 Å². The van der Waals surface area contributed by atoms with Crippen LogP contribution in [0.4, 0.5) is 5.95 Å². The van der Waals surface area contributed by atoms with Gasteiger partial charge in [0.25, 0.3) is 5.91 Å². The molecule has 3 fully saturated rings. The van der Waals surface area contributed by atoms with Gasteiger partial charge in [-0.15, -0.1) is 0 Å². The number of carbonyl (C=O) groups excluding carboxylic acids is 2. The van der Waals surface area contributed by atoms with Crippen LogP contribution in [-0.4, -0.2) is 72.9 Å². The summed E-state index contributed by atoms with van der Waals surface area (Å²) >= 11 is 0. The number of esters is 1. The number of nitrogens with zero attached hydrogens (tertiary/aromatic N) is 3. The van der Waals surface area contributed by atoms with Crippen LogP contribution in [0.1, 0.15) is 81.0 Å². The van der Waals surface area contributed by atoms with Crippen LogP contribution in [-0.2, 0) is 9.53 Å². The van der Waals surface area contributed by atoms with E-state index in [1.54, 1.807) is 5.48 Å². The molecule has 0 spiro atoms. The molecule has 4 N–H and O–H groups in total. The Labute approximate surface area is 226 Å². The summed E-state index contributed by atoms with van der Waals surface area (Å²) in [6.45, 7) is 4.88. The first-order valence-corrected chi connectivity index (χ1v) is 14.6. The summed E-state index contributed by atoms with van der Waals surface area (Å²) in [5, 5.41) is 16.1. The van der Waals surface area contributed by atoms with Crippen LogP contribution in [0.3, 0.4) is 0 Å². The minimum Gasteiger partial charge on any atom is -0.468 e. The quantitative estimate of drug-likeness (QED) is 0.194. The first-order valence-electron chi connectivity index (χ1n) is 14.6. The van der Waals surface area contributed by atoms with Crippen LogP contribution in [0.25, 0.3) is 0 Å². The van der Waals surface area contributed by atoms with Crippen LogP contribution < -0.4 is 21.0 Å². The Hall–Kier alpha value is -2.30. The summed E-state index contributed by atoms with van der Waals surface area (Å²) in [7, 11) is 1.51. The van der Waals surface area contributed by atoms with Gasteiger partial charge in [0.1, 0.15) is 6.04 Å². The number of hydroxylamine groups is 1. The zero-order chi connectivity index (χ0) is 26.7. The maximum Gasteiger partial charge on any atom is 0.323 e. The molecule has 1 aromatic rings. The van der Waals surface area contributed by atoms with Crippen LogP contribution in [0, 0.1) is 23.7 Å². The van der Waals surface area contributed by atoms with Crippen molar-refractivity contribution in [3.8, 4) is 0 Å². The predicted octanol–water partition coefficient (Wildman–Crippen LogP) is 2.92. The number of piperidine rings is 1. The van der Waals surface area contributed by atoms with Crippen molar-refractivity contribution in [1.29, 1.82) is 0 Å². The molecular formula is C28H46N6O4. The van der Waals surface area contributed by atoms with Crippen LogP contribution in [0.5, 0.6) is 0 Å². The molecule has 1 atom stereocenters. The number of rotatable bonds is 11. The van der Waals surface area contributed by atoms with E-state index in [-0.39, 0.29) is 17.6 Å². The fraction of sp³-hybridized carbons (Fsp3) is 0.786. The van der Waals surface area contributed by atoms with E-state index in [1.165, 1.54) is 64.4 Å². The van der Waals surface area contributed by atoms with Crippen molar-refractivity contribution in [3.05, 3.63) is 18.0 Å². The van der Waals surface area contributed by atoms with Crippen molar-refractivity contribution in [1.82, 2.24) is 26.1 Å². The molecule has 212 valence electrons. The SMILES string of the molecule is COC(=O)[C@@H](NCC1CCC(CNCC2CCN(c3ncc(C(=O)NO)cn3)CC2)CC1)C1CCCCC1. The summed E-state index contributed by atoms with van der Waals surface area (Å²) in [5.41, 5.74) is 1.84. The topological polar surface area (TPSA) is 129 Å². The Morgan fingerprint density at radius 3 is 2.08 bits per heavy atom. The van der Waals surface area contributed by atoms with Gasteiger partial charge < -0.3 is 20.3 Å². The molecule has 0 unspecified atom stereocenters. The molecule has 1 amide bonds. The number of methoxy groups -OCH3 is 1. The van der Waals surface area contributed by atoms with Gasteiger partial charge in [-0.1, -0.05) is 19.3 Å². The van der Waals surface area contributed by atoms with Gasteiger partial charge >= 0.3 is 5.97 Å². The maximum atomic E-state index is 12.4. The Morgan fingerprint density at radius 1 is 0.921 bits per heavy atom. The molecule has 0 bridgehead atoms. The molecule has 2 heterocycles. The molecular weight excluding hydrogens is 484 g/mol. The molecule has 10 heteroatoms. The van der Waals surface area contributed by atoms with Gasteiger partial charge in [-0.2, -0.15) is 0 Å². The van der Waals surface area contributed by atoms with E-state index in [9.17, 15) is 9.59 Å². The molecule has 2 aliphatic carbocycles. The Balaban J connectivity index is 1.09. The first kappa shape index (κ1) is 28.7. The van der Waals surface area contributed by atoms with Crippen LogP contribution in [0.2, 0.25) is 0 Å². The number of ether oxygens (including phenoxy) is 1. The van der Waals surface area contributed by atoms with E-state index in [4.69, 9.17) is 9.94 Å². The monoisotopic (exact) mass is 530 g/mol.